The van der Waals surface area contributed by atoms with Gasteiger partial charge in [-0.25, -0.2) is 13.7 Å². The molecule has 148 valence electrons. The molecule has 1 heterocycles. The molecule has 5 nitrogen and oxygen atoms in total. The Bertz CT molecular complexity index is 543. The number of carbonyl (C=O) groups excluding carboxylic acids is 1. The number of amides is 1. The van der Waals surface area contributed by atoms with E-state index in [-0.39, 0.29) is 16.9 Å². The van der Waals surface area contributed by atoms with Crippen LogP contribution in [0.1, 0.15) is 72.1 Å². The molecular weight excluding hydrogens is 348 g/mol. The Morgan fingerprint density at radius 3 is 2.00 bits per heavy atom. The second-order valence-electron chi connectivity index (χ2n) is 10.2. The molecule has 0 aromatic heterocycles. The van der Waals surface area contributed by atoms with Crippen molar-refractivity contribution in [2.24, 2.45) is 17.8 Å². The average Bonchev–Trinajstić information content (AvgIpc) is 2.52. The van der Waals surface area contributed by atoms with Crippen molar-refractivity contribution in [2.45, 2.75) is 88.5 Å². The van der Waals surface area contributed by atoms with Gasteiger partial charge in [0.2, 0.25) is 0 Å². The van der Waals surface area contributed by atoms with E-state index in [0.717, 1.165) is 49.9 Å². The first-order chi connectivity index (χ1) is 12.2. The fourth-order valence-corrected chi connectivity index (χ4v) is 7.99. The SMILES string of the molecule is CC(C)(C)OC(=O)N1CCC(NS(=O)C23CC4CC(CC(C4)C2)C3)CC1. The second-order valence-corrected chi connectivity index (χ2v) is 11.9. The molecular formula is C20H34N2O3S. The molecule has 4 bridgehead atoms. The van der Waals surface area contributed by atoms with Crippen molar-refractivity contribution in [1.82, 2.24) is 9.62 Å². The molecule has 1 aliphatic heterocycles. The molecule has 1 amide bonds. The molecule has 0 spiro atoms. The molecule has 0 radical (unpaired) electrons. The van der Waals surface area contributed by atoms with Crippen LogP contribution in [0, 0.1) is 17.8 Å². The number of likely N-dealkylation sites (tertiary alicyclic amines) is 1. The highest BCUT2D eigenvalue weighted by molar-refractivity contribution is 7.84. The Balaban J connectivity index is 1.30. The first-order valence-corrected chi connectivity index (χ1v) is 11.5. The number of nitrogens with zero attached hydrogens (tertiary/aromatic N) is 1. The van der Waals surface area contributed by atoms with Gasteiger partial charge in [-0.15, -0.1) is 0 Å². The van der Waals surface area contributed by atoms with Gasteiger partial charge in [0.05, 0.1) is 15.7 Å². The van der Waals surface area contributed by atoms with Crippen molar-refractivity contribution in [3.05, 3.63) is 0 Å². The van der Waals surface area contributed by atoms with E-state index in [1.807, 2.05) is 20.8 Å². The lowest BCUT2D eigenvalue weighted by atomic mass is 9.56. The number of carbonyl (C=O) groups is 1. The Hall–Kier alpha value is -0.620. The minimum atomic E-state index is -0.945. The molecule has 0 aromatic carbocycles. The van der Waals surface area contributed by atoms with Gasteiger partial charge in [0, 0.05) is 19.1 Å². The molecule has 4 saturated carbocycles. The van der Waals surface area contributed by atoms with E-state index in [1.165, 1.54) is 19.3 Å². The Morgan fingerprint density at radius 1 is 1.04 bits per heavy atom. The predicted octanol–water partition coefficient (Wildman–Crippen LogP) is 3.61. The third-order valence-corrected chi connectivity index (χ3v) is 8.63. The summed E-state index contributed by atoms with van der Waals surface area (Å²) in [6, 6.07) is 0.252. The van der Waals surface area contributed by atoms with Crippen LogP contribution in [0.25, 0.3) is 0 Å². The topological polar surface area (TPSA) is 58.6 Å². The van der Waals surface area contributed by atoms with Crippen LogP contribution in [0.2, 0.25) is 0 Å². The van der Waals surface area contributed by atoms with E-state index in [2.05, 4.69) is 4.72 Å². The van der Waals surface area contributed by atoms with Crippen LogP contribution in [0.5, 0.6) is 0 Å². The molecule has 5 rings (SSSR count). The number of hydrogen-bond donors (Lipinski definition) is 1. The summed E-state index contributed by atoms with van der Waals surface area (Å²) in [6.07, 6.45) is 9.12. The van der Waals surface area contributed by atoms with Crippen molar-refractivity contribution in [3.8, 4) is 0 Å². The average molecular weight is 383 g/mol. The zero-order valence-corrected chi connectivity index (χ0v) is 17.3. The van der Waals surface area contributed by atoms with Crippen LogP contribution in [0.15, 0.2) is 0 Å². The van der Waals surface area contributed by atoms with Gasteiger partial charge in [0.25, 0.3) is 0 Å². The minimum absolute atomic E-state index is 0.0387. The van der Waals surface area contributed by atoms with Crippen molar-refractivity contribution in [3.63, 3.8) is 0 Å². The van der Waals surface area contributed by atoms with Crippen LogP contribution >= 0.6 is 0 Å². The zero-order chi connectivity index (χ0) is 18.5. The highest BCUT2D eigenvalue weighted by Gasteiger charge is 2.54. The van der Waals surface area contributed by atoms with E-state index in [4.69, 9.17) is 4.74 Å². The fourth-order valence-electron chi connectivity index (χ4n) is 6.04. The predicted molar refractivity (Wildman–Crippen MR) is 103 cm³/mol. The molecule has 6 heteroatoms. The van der Waals surface area contributed by atoms with Crippen LogP contribution in [0.3, 0.4) is 0 Å². The summed E-state index contributed by atoms with van der Waals surface area (Å²) in [6.45, 7) is 7.06. The smallest absolute Gasteiger partial charge is 0.410 e. The molecule has 0 aromatic rings. The lowest BCUT2D eigenvalue weighted by Crippen LogP contribution is -2.57. The summed E-state index contributed by atoms with van der Waals surface area (Å²) in [5.74, 6) is 2.46. The quantitative estimate of drug-likeness (QED) is 0.811. The van der Waals surface area contributed by atoms with Crippen LogP contribution in [-0.4, -0.2) is 44.7 Å². The highest BCUT2D eigenvalue weighted by Crippen LogP contribution is 2.57. The zero-order valence-electron chi connectivity index (χ0n) is 16.5. The molecule has 1 saturated heterocycles. The van der Waals surface area contributed by atoms with E-state index in [0.29, 0.717) is 13.1 Å². The summed E-state index contributed by atoms with van der Waals surface area (Å²) >= 11 is 0. The minimum Gasteiger partial charge on any atom is -0.444 e. The second kappa shape index (κ2) is 6.77. The first kappa shape index (κ1) is 18.7. The van der Waals surface area contributed by atoms with Crippen LogP contribution in [0.4, 0.5) is 4.79 Å². The molecule has 1 atom stereocenters. The summed E-state index contributed by atoms with van der Waals surface area (Å²) < 4.78 is 22.2. The number of rotatable bonds is 3. The van der Waals surface area contributed by atoms with Crippen LogP contribution in [-0.2, 0) is 15.7 Å². The number of ether oxygens (including phenoxy) is 1. The van der Waals surface area contributed by atoms with Crippen molar-refractivity contribution >= 4 is 17.1 Å². The van der Waals surface area contributed by atoms with Crippen LogP contribution < -0.4 is 4.72 Å². The highest BCUT2D eigenvalue weighted by atomic mass is 32.2. The lowest BCUT2D eigenvalue weighted by molar-refractivity contribution is 0.0201. The summed E-state index contributed by atoms with van der Waals surface area (Å²) in [7, 11) is -0.945. The molecule has 1 N–H and O–H groups in total. The standard InChI is InChI=1S/C20H34N2O3S/c1-19(2,3)25-18(23)22-6-4-17(5-7-22)21-26(24)20-11-14-8-15(12-20)10-16(9-14)13-20/h14-17,21H,4-13H2,1-3H3. The lowest BCUT2D eigenvalue weighted by Gasteiger charge is -2.56. The number of nitrogens with one attached hydrogen (secondary N) is 1. The number of piperidine rings is 1. The van der Waals surface area contributed by atoms with Gasteiger partial charge in [-0.1, -0.05) is 0 Å². The van der Waals surface area contributed by atoms with Crippen molar-refractivity contribution in [1.29, 1.82) is 0 Å². The molecule has 4 aliphatic carbocycles. The van der Waals surface area contributed by atoms with Gasteiger partial charge in [-0.2, -0.15) is 0 Å². The van der Waals surface area contributed by atoms with Gasteiger partial charge >= 0.3 is 6.09 Å². The monoisotopic (exact) mass is 382 g/mol. The van der Waals surface area contributed by atoms with Gasteiger partial charge in [-0.3, -0.25) is 0 Å². The third-order valence-electron chi connectivity index (χ3n) is 6.80. The van der Waals surface area contributed by atoms with Gasteiger partial charge in [0.1, 0.15) is 5.60 Å². The van der Waals surface area contributed by atoms with Gasteiger partial charge in [-0.05, 0) is 89.9 Å². The van der Waals surface area contributed by atoms with E-state index in [9.17, 15) is 9.00 Å². The van der Waals surface area contributed by atoms with Gasteiger partial charge in [0.15, 0.2) is 0 Å². The molecule has 5 aliphatic rings. The van der Waals surface area contributed by atoms with Crippen molar-refractivity contribution < 1.29 is 13.7 Å². The fraction of sp³-hybridized carbons (Fsp3) is 0.950. The number of hydrogen-bond acceptors (Lipinski definition) is 3. The molecule has 5 fully saturated rings. The summed E-state index contributed by atoms with van der Waals surface area (Å²) in [5.41, 5.74) is -0.452. The first-order valence-electron chi connectivity index (χ1n) is 10.4. The Morgan fingerprint density at radius 2 is 1.54 bits per heavy atom. The third kappa shape index (κ3) is 3.82. The maximum absolute atomic E-state index is 13.3. The Labute approximate surface area is 160 Å². The van der Waals surface area contributed by atoms with E-state index in [1.54, 1.807) is 4.90 Å². The largest absolute Gasteiger partial charge is 0.444 e. The molecule has 1 unspecified atom stereocenters. The van der Waals surface area contributed by atoms with E-state index >= 15 is 0 Å². The molecule has 26 heavy (non-hydrogen) atoms. The van der Waals surface area contributed by atoms with Crippen molar-refractivity contribution in [2.75, 3.05) is 13.1 Å². The normalized spacial score (nSPS) is 38.4. The summed E-state index contributed by atoms with van der Waals surface area (Å²) in [4.78, 5) is 14.0. The Kier molecular flexibility index (Phi) is 4.87. The summed E-state index contributed by atoms with van der Waals surface area (Å²) in [5, 5.41) is 0. The maximum atomic E-state index is 13.3. The maximum Gasteiger partial charge on any atom is 0.410 e. The van der Waals surface area contributed by atoms with E-state index < -0.39 is 16.6 Å². The van der Waals surface area contributed by atoms with Gasteiger partial charge < -0.3 is 9.64 Å².